The van der Waals surface area contributed by atoms with Crippen LogP contribution in [-0.4, -0.2) is 11.6 Å². The summed E-state index contributed by atoms with van der Waals surface area (Å²) in [5.41, 5.74) is 1.30. The number of nitrogens with one attached hydrogen (secondary N) is 1. The minimum atomic E-state index is -0.423. The van der Waals surface area contributed by atoms with Gasteiger partial charge in [0.15, 0.2) is 0 Å². The van der Waals surface area contributed by atoms with Crippen molar-refractivity contribution in [1.82, 2.24) is 4.98 Å². The van der Waals surface area contributed by atoms with Gasteiger partial charge in [-0.15, -0.1) is 0 Å². The van der Waals surface area contributed by atoms with Crippen molar-refractivity contribution >= 4 is 5.69 Å². The monoisotopic (exact) mass is 292 g/mol. The number of nitrogens with zero attached hydrogens (tertiary/aromatic N) is 1. The van der Waals surface area contributed by atoms with Crippen LogP contribution < -0.4 is 10.1 Å². The fourth-order valence-corrected chi connectivity index (χ4v) is 2.02. The lowest BCUT2D eigenvalue weighted by atomic mass is 10.0. The minimum absolute atomic E-state index is 0.284. The highest BCUT2D eigenvalue weighted by atomic mass is 19.1. The van der Waals surface area contributed by atoms with Crippen LogP contribution in [0, 0.1) is 18.6 Å². The summed E-state index contributed by atoms with van der Waals surface area (Å²) in [6, 6.07) is 5.57. The van der Waals surface area contributed by atoms with Gasteiger partial charge >= 0.3 is 0 Å². The molecule has 1 aromatic carbocycles. The molecular weight excluding hydrogens is 274 g/mol. The van der Waals surface area contributed by atoms with Crippen LogP contribution >= 0.6 is 0 Å². The van der Waals surface area contributed by atoms with Crippen LogP contribution in [0.2, 0.25) is 0 Å². The first kappa shape index (κ1) is 15.2. The van der Waals surface area contributed by atoms with Gasteiger partial charge in [-0.25, -0.2) is 13.8 Å². The summed E-state index contributed by atoms with van der Waals surface area (Å²) in [7, 11) is 0. The molecule has 1 atom stereocenters. The normalized spacial score (nSPS) is 12.0. The summed E-state index contributed by atoms with van der Waals surface area (Å²) in [6.07, 6.45) is 1.60. The van der Waals surface area contributed by atoms with Crippen LogP contribution in [0.3, 0.4) is 0 Å². The number of hydrogen-bond acceptors (Lipinski definition) is 3. The van der Waals surface area contributed by atoms with Crippen molar-refractivity contribution in [2.75, 3.05) is 11.9 Å². The Morgan fingerprint density at radius 2 is 2.00 bits per heavy atom. The van der Waals surface area contributed by atoms with E-state index in [-0.39, 0.29) is 11.6 Å². The third-order valence-corrected chi connectivity index (χ3v) is 3.16. The number of anilines is 1. The summed E-state index contributed by atoms with van der Waals surface area (Å²) in [5.74, 6) is -0.305. The number of ether oxygens (including phenoxy) is 1. The molecule has 0 radical (unpaired) electrons. The fourth-order valence-electron chi connectivity index (χ4n) is 2.02. The molecule has 0 fully saturated rings. The zero-order chi connectivity index (χ0) is 15.4. The largest absolute Gasteiger partial charge is 0.478 e. The van der Waals surface area contributed by atoms with Crippen LogP contribution in [0.15, 0.2) is 30.5 Å². The van der Waals surface area contributed by atoms with E-state index in [1.165, 1.54) is 19.1 Å². The van der Waals surface area contributed by atoms with Crippen LogP contribution in [-0.2, 0) is 0 Å². The Labute approximate surface area is 123 Å². The zero-order valence-corrected chi connectivity index (χ0v) is 12.3. The van der Waals surface area contributed by atoms with Gasteiger partial charge in [0.1, 0.15) is 11.6 Å². The van der Waals surface area contributed by atoms with Gasteiger partial charge in [-0.1, -0.05) is 0 Å². The third-order valence-electron chi connectivity index (χ3n) is 3.16. The second kappa shape index (κ2) is 6.52. The van der Waals surface area contributed by atoms with E-state index in [1.54, 1.807) is 25.3 Å². The molecule has 0 saturated carbocycles. The zero-order valence-electron chi connectivity index (χ0n) is 12.3. The van der Waals surface area contributed by atoms with Gasteiger partial charge in [0.2, 0.25) is 5.88 Å². The van der Waals surface area contributed by atoms with Crippen molar-refractivity contribution in [3.05, 3.63) is 53.2 Å². The van der Waals surface area contributed by atoms with E-state index in [2.05, 4.69) is 10.3 Å². The van der Waals surface area contributed by atoms with Crippen molar-refractivity contribution in [3.8, 4) is 5.88 Å². The molecule has 112 valence electrons. The summed E-state index contributed by atoms with van der Waals surface area (Å²) in [4.78, 5) is 4.12. The lowest BCUT2D eigenvalue weighted by Gasteiger charge is -2.17. The molecule has 3 nitrogen and oxygen atoms in total. The molecule has 21 heavy (non-hydrogen) atoms. The number of rotatable bonds is 5. The maximum atomic E-state index is 13.9. The van der Waals surface area contributed by atoms with Gasteiger partial charge in [-0.2, -0.15) is 0 Å². The van der Waals surface area contributed by atoms with Crippen molar-refractivity contribution < 1.29 is 13.5 Å². The van der Waals surface area contributed by atoms with Gasteiger partial charge < -0.3 is 10.1 Å². The van der Waals surface area contributed by atoms with Gasteiger partial charge in [0.05, 0.1) is 24.5 Å². The highest BCUT2D eigenvalue weighted by molar-refractivity contribution is 5.45. The topological polar surface area (TPSA) is 34.1 Å². The number of benzene rings is 1. The molecular formula is C16H18F2N2O. The molecule has 0 aliphatic carbocycles. The van der Waals surface area contributed by atoms with Gasteiger partial charge in [0, 0.05) is 11.6 Å². The lowest BCUT2D eigenvalue weighted by molar-refractivity contribution is 0.327. The van der Waals surface area contributed by atoms with E-state index in [1.807, 2.05) is 6.92 Å². The molecule has 1 aromatic heterocycles. The quantitative estimate of drug-likeness (QED) is 0.895. The van der Waals surface area contributed by atoms with Crippen molar-refractivity contribution in [2.45, 2.75) is 26.8 Å². The molecule has 1 heterocycles. The highest BCUT2D eigenvalue weighted by Gasteiger charge is 2.14. The molecule has 5 heteroatoms. The Morgan fingerprint density at radius 3 is 2.62 bits per heavy atom. The number of halogens is 2. The van der Waals surface area contributed by atoms with E-state index in [9.17, 15) is 8.78 Å². The predicted octanol–water partition coefficient (Wildman–Crippen LogP) is 4.24. The lowest BCUT2D eigenvalue weighted by Crippen LogP contribution is -2.10. The molecule has 2 aromatic rings. The Kier molecular flexibility index (Phi) is 4.73. The number of hydrogen-bond donors (Lipinski definition) is 1. The Bertz CT molecular complexity index is 614. The SMILES string of the molecule is CCOc1ccc(NC(C)c2cc(F)c(C)cc2F)cn1. The second-order valence-corrected chi connectivity index (χ2v) is 4.81. The van der Waals surface area contributed by atoms with E-state index < -0.39 is 11.6 Å². The average Bonchev–Trinajstić information content (AvgIpc) is 2.45. The maximum absolute atomic E-state index is 13.9. The molecule has 2 rings (SSSR count). The number of pyridine rings is 1. The van der Waals surface area contributed by atoms with Crippen molar-refractivity contribution in [2.24, 2.45) is 0 Å². The van der Waals surface area contributed by atoms with Crippen LogP contribution in [0.1, 0.15) is 31.0 Å². The number of aryl methyl sites for hydroxylation is 1. The predicted molar refractivity (Wildman–Crippen MR) is 78.5 cm³/mol. The summed E-state index contributed by atoms with van der Waals surface area (Å²) < 4.78 is 32.7. The molecule has 0 aliphatic heterocycles. The Balaban J connectivity index is 2.14. The smallest absolute Gasteiger partial charge is 0.213 e. The van der Waals surface area contributed by atoms with Crippen LogP contribution in [0.25, 0.3) is 0 Å². The first-order valence-electron chi connectivity index (χ1n) is 6.82. The maximum Gasteiger partial charge on any atom is 0.213 e. The minimum Gasteiger partial charge on any atom is -0.478 e. The molecule has 1 unspecified atom stereocenters. The van der Waals surface area contributed by atoms with Crippen molar-refractivity contribution in [1.29, 1.82) is 0 Å². The van der Waals surface area contributed by atoms with Gasteiger partial charge in [-0.3, -0.25) is 0 Å². The first-order valence-corrected chi connectivity index (χ1v) is 6.82. The first-order chi connectivity index (χ1) is 10.0. The van der Waals surface area contributed by atoms with Gasteiger partial charge in [0.25, 0.3) is 0 Å². The Hall–Kier alpha value is -2.17. The summed E-state index contributed by atoms with van der Waals surface area (Å²) in [6.45, 7) is 5.73. The molecule has 0 aliphatic rings. The molecule has 0 amide bonds. The van der Waals surface area contributed by atoms with Crippen molar-refractivity contribution in [3.63, 3.8) is 0 Å². The van der Waals surface area contributed by atoms with Crippen LogP contribution in [0.4, 0.5) is 14.5 Å². The Morgan fingerprint density at radius 1 is 1.24 bits per heavy atom. The fraction of sp³-hybridized carbons (Fsp3) is 0.312. The average molecular weight is 292 g/mol. The highest BCUT2D eigenvalue weighted by Crippen LogP contribution is 2.24. The van der Waals surface area contributed by atoms with E-state index in [4.69, 9.17) is 4.74 Å². The molecule has 1 N–H and O–H groups in total. The second-order valence-electron chi connectivity index (χ2n) is 4.81. The molecule has 0 spiro atoms. The molecule has 0 saturated heterocycles. The standard InChI is InChI=1S/C16H18F2N2O/c1-4-21-16-6-5-12(9-19-16)20-11(3)13-8-14(17)10(2)7-15(13)18/h5-9,11,20H,4H2,1-3H3. The summed E-state index contributed by atoms with van der Waals surface area (Å²) in [5, 5.41) is 3.09. The summed E-state index contributed by atoms with van der Waals surface area (Å²) >= 11 is 0. The molecule has 0 bridgehead atoms. The number of aromatic nitrogens is 1. The van der Waals surface area contributed by atoms with E-state index in [0.717, 1.165) is 0 Å². The van der Waals surface area contributed by atoms with E-state index in [0.29, 0.717) is 23.7 Å². The third kappa shape index (κ3) is 3.68. The van der Waals surface area contributed by atoms with Gasteiger partial charge in [-0.05, 0) is 44.5 Å². The van der Waals surface area contributed by atoms with E-state index >= 15 is 0 Å². The van der Waals surface area contributed by atoms with Crippen LogP contribution in [0.5, 0.6) is 5.88 Å².